The lowest BCUT2D eigenvalue weighted by atomic mass is 9.84. The Labute approximate surface area is 190 Å². The molecule has 1 amide bonds. The first-order chi connectivity index (χ1) is 14.9. The van der Waals surface area contributed by atoms with Crippen LogP contribution in [0.25, 0.3) is 0 Å². The quantitative estimate of drug-likeness (QED) is 0.173. The molecule has 1 heterocycles. The standard InChI is InChI=1S/C22H23Cl2N3O4/c1-2-10-22(21(29)27-25)19(17-9-6-15(23)13-18(17)24)31-20(26-22)14-4-7-16(8-5-14)30-12-3-11-28/h2,4-9,13,19,28H,1,3,10-12,25H2,(H,27,29)/t19-,22-/m0/s1. The number of nitrogens with two attached hydrogens (primary N) is 1. The van der Waals surface area contributed by atoms with Gasteiger partial charge in [-0.3, -0.25) is 10.2 Å². The molecule has 1 aliphatic rings. The van der Waals surface area contributed by atoms with E-state index in [1.807, 2.05) is 0 Å². The zero-order valence-corrected chi connectivity index (χ0v) is 18.2. The number of aliphatic hydroxyl groups excluding tert-OH is 1. The maximum absolute atomic E-state index is 12.9. The summed E-state index contributed by atoms with van der Waals surface area (Å²) in [6, 6.07) is 12.0. The van der Waals surface area contributed by atoms with Crippen LogP contribution < -0.4 is 16.0 Å². The van der Waals surface area contributed by atoms with Crippen molar-refractivity contribution in [3.63, 3.8) is 0 Å². The predicted molar refractivity (Wildman–Crippen MR) is 120 cm³/mol. The molecular formula is C22H23Cl2N3O4. The summed E-state index contributed by atoms with van der Waals surface area (Å²) in [6.45, 7) is 4.23. The molecule has 0 fully saturated rings. The first kappa shape index (κ1) is 23.1. The molecule has 0 bridgehead atoms. The van der Waals surface area contributed by atoms with Crippen LogP contribution in [0.5, 0.6) is 5.75 Å². The van der Waals surface area contributed by atoms with Gasteiger partial charge in [0.15, 0.2) is 11.6 Å². The zero-order valence-electron chi connectivity index (χ0n) is 16.7. The smallest absolute Gasteiger partial charge is 0.266 e. The summed E-state index contributed by atoms with van der Waals surface area (Å²) in [7, 11) is 0. The first-order valence-corrected chi connectivity index (χ1v) is 10.4. The second-order valence-electron chi connectivity index (χ2n) is 6.92. The lowest BCUT2D eigenvalue weighted by Crippen LogP contribution is -2.50. The molecule has 0 unspecified atom stereocenters. The van der Waals surface area contributed by atoms with Crippen molar-refractivity contribution in [3.8, 4) is 5.75 Å². The normalized spacial score (nSPS) is 20.0. The average Bonchev–Trinajstić information content (AvgIpc) is 3.14. The molecule has 0 spiro atoms. The SMILES string of the molecule is C=CC[C@]1(C(=O)NN)N=C(c2ccc(OCCCO)cc2)O[C@H]1c1ccc(Cl)cc1Cl. The van der Waals surface area contributed by atoms with Crippen molar-refractivity contribution in [2.75, 3.05) is 13.2 Å². The number of nitrogens with zero attached hydrogens (tertiary/aromatic N) is 1. The Morgan fingerprint density at radius 2 is 2.06 bits per heavy atom. The van der Waals surface area contributed by atoms with E-state index in [9.17, 15) is 4.79 Å². The van der Waals surface area contributed by atoms with Gasteiger partial charge in [-0.2, -0.15) is 0 Å². The Morgan fingerprint density at radius 1 is 1.32 bits per heavy atom. The minimum atomic E-state index is -1.39. The van der Waals surface area contributed by atoms with Crippen molar-refractivity contribution in [3.05, 3.63) is 76.3 Å². The highest BCUT2D eigenvalue weighted by molar-refractivity contribution is 6.35. The van der Waals surface area contributed by atoms with Gasteiger partial charge >= 0.3 is 0 Å². The molecule has 0 saturated heterocycles. The van der Waals surface area contributed by atoms with Gasteiger partial charge in [-0.25, -0.2) is 10.8 Å². The molecule has 2 aromatic carbocycles. The Kier molecular flexibility index (Phi) is 7.56. The number of carbonyl (C=O) groups excluding carboxylic acids is 1. The zero-order chi connectivity index (χ0) is 22.4. The molecule has 3 rings (SSSR count). The van der Waals surface area contributed by atoms with E-state index in [4.69, 9.17) is 43.6 Å². The Bertz CT molecular complexity index is 981. The molecule has 0 aromatic heterocycles. The number of halogens is 2. The lowest BCUT2D eigenvalue weighted by Gasteiger charge is -2.29. The van der Waals surface area contributed by atoms with Gasteiger partial charge in [0.05, 0.1) is 6.61 Å². The van der Waals surface area contributed by atoms with Crippen LogP contribution in [-0.2, 0) is 9.53 Å². The van der Waals surface area contributed by atoms with Gasteiger partial charge in [-0.05, 0) is 36.4 Å². The van der Waals surface area contributed by atoms with Crippen molar-refractivity contribution in [1.29, 1.82) is 0 Å². The Morgan fingerprint density at radius 3 is 2.68 bits per heavy atom. The lowest BCUT2D eigenvalue weighted by molar-refractivity contribution is -0.128. The molecule has 31 heavy (non-hydrogen) atoms. The molecular weight excluding hydrogens is 441 g/mol. The largest absolute Gasteiger partial charge is 0.494 e. The highest BCUT2D eigenvalue weighted by Gasteiger charge is 2.52. The van der Waals surface area contributed by atoms with E-state index in [1.54, 1.807) is 48.5 Å². The number of amides is 1. The van der Waals surface area contributed by atoms with Gasteiger partial charge in [0.25, 0.3) is 5.91 Å². The second kappa shape index (κ2) is 10.2. The summed E-state index contributed by atoms with van der Waals surface area (Å²) in [5.41, 5.74) is 2.01. The fourth-order valence-corrected chi connectivity index (χ4v) is 3.86. The second-order valence-corrected chi connectivity index (χ2v) is 7.76. The molecule has 4 N–H and O–H groups in total. The number of hydrogen-bond donors (Lipinski definition) is 3. The van der Waals surface area contributed by atoms with E-state index in [2.05, 4.69) is 17.0 Å². The monoisotopic (exact) mass is 463 g/mol. The van der Waals surface area contributed by atoms with E-state index < -0.39 is 17.6 Å². The number of ether oxygens (including phenoxy) is 2. The van der Waals surface area contributed by atoms with E-state index in [-0.39, 0.29) is 18.9 Å². The molecule has 0 radical (unpaired) electrons. The van der Waals surface area contributed by atoms with Gasteiger partial charge in [-0.1, -0.05) is 35.3 Å². The molecule has 2 atom stereocenters. The predicted octanol–water partition coefficient (Wildman–Crippen LogP) is 3.58. The molecule has 2 aromatic rings. The van der Waals surface area contributed by atoms with Gasteiger partial charge in [0.2, 0.25) is 5.90 Å². The van der Waals surface area contributed by atoms with Crippen molar-refractivity contribution in [1.82, 2.24) is 5.43 Å². The molecule has 164 valence electrons. The van der Waals surface area contributed by atoms with Crippen LogP contribution in [0.3, 0.4) is 0 Å². The fourth-order valence-electron chi connectivity index (χ4n) is 3.35. The van der Waals surface area contributed by atoms with Crippen molar-refractivity contribution < 1.29 is 19.4 Å². The van der Waals surface area contributed by atoms with Crippen LogP contribution in [0.2, 0.25) is 10.0 Å². The molecule has 0 aliphatic carbocycles. The highest BCUT2D eigenvalue weighted by atomic mass is 35.5. The van der Waals surface area contributed by atoms with E-state index in [1.165, 1.54) is 0 Å². The number of carbonyl (C=O) groups is 1. The van der Waals surface area contributed by atoms with Gasteiger partial charge in [0.1, 0.15) is 5.75 Å². The van der Waals surface area contributed by atoms with Crippen LogP contribution in [-0.4, -0.2) is 35.7 Å². The number of hydrogen-bond acceptors (Lipinski definition) is 6. The Hall–Kier alpha value is -2.58. The van der Waals surface area contributed by atoms with Crippen LogP contribution in [0.15, 0.2) is 60.1 Å². The first-order valence-electron chi connectivity index (χ1n) is 9.62. The number of aliphatic imine (C=N–C) groups is 1. The maximum Gasteiger partial charge on any atom is 0.266 e. The topological polar surface area (TPSA) is 106 Å². The maximum atomic E-state index is 12.9. The van der Waals surface area contributed by atoms with Gasteiger partial charge < -0.3 is 14.6 Å². The van der Waals surface area contributed by atoms with Crippen molar-refractivity contribution in [2.24, 2.45) is 10.8 Å². The van der Waals surface area contributed by atoms with E-state index in [0.717, 1.165) is 0 Å². The van der Waals surface area contributed by atoms with Crippen molar-refractivity contribution >= 4 is 35.0 Å². The van der Waals surface area contributed by atoms with E-state index >= 15 is 0 Å². The summed E-state index contributed by atoms with van der Waals surface area (Å²) in [5.74, 6) is 5.87. The van der Waals surface area contributed by atoms with Gasteiger partial charge in [0, 0.05) is 40.6 Å². The number of benzene rings is 2. The molecule has 0 saturated carbocycles. The fraction of sp³-hybridized carbons (Fsp3) is 0.273. The van der Waals surface area contributed by atoms with E-state index in [0.29, 0.717) is 39.9 Å². The average molecular weight is 464 g/mol. The molecule has 7 nitrogen and oxygen atoms in total. The van der Waals surface area contributed by atoms with Gasteiger partial charge in [-0.15, -0.1) is 6.58 Å². The third-order valence-electron chi connectivity index (χ3n) is 4.86. The number of hydrazine groups is 1. The van der Waals surface area contributed by atoms with Crippen LogP contribution in [0, 0.1) is 0 Å². The summed E-state index contributed by atoms with van der Waals surface area (Å²) in [5, 5.41) is 9.67. The minimum Gasteiger partial charge on any atom is -0.494 e. The third-order valence-corrected chi connectivity index (χ3v) is 5.42. The summed E-state index contributed by atoms with van der Waals surface area (Å²) in [6.07, 6.45) is 1.46. The van der Waals surface area contributed by atoms with Crippen LogP contribution in [0.1, 0.15) is 30.1 Å². The highest BCUT2D eigenvalue weighted by Crippen LogP contribution is 2.45. The molecule has 1 aliphatic heterocycles. The Balaban J connectivity index is 1.99. The minimum absolute atomic E-state index is 0.0615. The third kappa shape index (κ3) is 4.85. The molecule has 9 heteroatoms. The summed E-state index contributed by atoms with van der Waals surface area (Å²) in [4.78, 5) is 17.5. The van der Waals surface area contributed by atoms with Crippen molar-refractivity contribution in [2.45, 2.75) is 24.5 Å². The number of rotatable bonds is 9. The summed E-state index contributed by atoms with van der Waals surface area (Å²) >= 11 is 12.5. The van der Waals surface area contributed by atoms with Crippen LogP contribution in [0.4, 0.5) is 0 Å². The number of nitrogens with one attached hydrogen (secondary N) is 1. The van der Waals surface area contributed by atoms with Crippen LogP contribution >= 0.6 is 23.2 Å². The summed E-state index contributed by atoms with van der Waals surface area (Å²) < 4.78 is 11.7. The number of aliphatic hydroxyl groups is 1.